The van der Waals surface area contributed by atoms with Gasteiger partial charge in [0, 0.05) is 16.6 Å². The van der Waals surface area contributed by atoms with E-state index in [2.05, 4.69) is 21.2 Å². The van der Waals surface area contributed by atoms with Gasteiger partial charge in [0.15, 0.2) is 0 Å². The molecule has 0 saturated carbocycles. The molecule has 0 aliphatic carbocycles. The molecule has 1 amide bonds. The smallest absolute Gasteiger partial charge is 0.276 e. The van der Waals surface area contributed by atoms with Crippen molar-refractivity contribution in [1.82, 2.24) is 5.32 Å². The second-order valence-electron chi connectivity index (χ2n) is 4.93. The standard InChI is InChI=1S/C17H15BrN2O3/c1-12(13-6-9-15(18)10-7-13)19-17(21)11-8-14-4-2-3-5-16(14)20(22)23/h2-12H,1H3,(H,19,21)/b11-8+/t12-/m0/s1. The van der Waals surface area contributed by atoms with Gasteiger partial charge in [0.2, 0.25) is 5.91 Å². The third kappa shape index (κ3) is 4.75. The minimum atomic E-state index is -0.470. The van der Waals surface area contributed by atoms with Gasteiger partial charge in [-0.3, -0.25) is 14.9 Å². The molecule has 2 aromatic carbocycles. The highest BCUT2D eigenvalue weighted by atomic mass is 79.9. The number of halogens is 1. The van der Waals surface area contributed by atoms with Crippen molar-refractivity contribution in [3.05, 3.63) is 80.3 Å². The van der Waals surface area contributed by atoms with E-state index < -0.39 is 4.92 Å². The van der Waals surface area contributed by atoms with E-state index in [1.54, 1.807) is 18.2 Å². The summed E-state index contributed by atoms with van der Waals surface area (Å²) in [5.41, 5.74) is 1.34. The first-order valence-electron chi connectivity index (χ1n) is 6.95. The molecule has 1 atom stereocenters. The van der Waals surface area contributed by atoms with Crippen LogP contribution in [0.1, 0.15) is 24.1 Å². The lowest BCUT2D eigenvalue weighted by Crippen LogP contribution is -2.24. The Bertz CT molecular complexity index is 742. The van der Waals surface area contributed by atoms with Crippen molar-refractivity contribution in [2.24, 2.45) is 0 Å². The minimum absolute atomic E-state index is 0.0301. The van der Waals surface area contributed by atoms with Gasteiger partial charge in [-0.1, -0.05) is 40.2 Å². The van der Waals surface area contributed by atoms with Crippen molar-refractivity contribution in [1.29, 1.82) is 0 Å². The lowest BCUT2D eigenvalue weighted by molar-refractivity contribution is -0.385. The molecular formula is C17H15BrN2O3. The second kappa shape index (κ2) is 7.69. The van der Waals surface area contributed by atoms with Crippen LogP contribution in [0.4, 0.5) is 5.69 Å². The van der Waals surface area contributed by atoms with Crippen LogP contribution in [0.15, 0.2) is 59.1 Å². The summed E-state index contributed by atoms with van der Waals surface area (Å²) in [4.78, 5) is 22.4. The summed E-state index contributed by atoms with van der Waals surface area (Å²) in [7, 11) is 0. The van der Waals surface area contributed by atoms with Crippen LogP contribution in [-0.4, -0.2) is 10.8 Å². The maximum absolute atomic E-state index is 12.0. The number of hydrogen-bond donors (Lipinski definition) is 1. The van der Waals surface area contributed by atoms with Gasteiger partial charge < -0.3 is 5.32 Å². The Balaban J connectivity index is 2.04. The molecule has 0 saturated heterocycles. The van der Waals surface area contributed by atoms with Crippen molar-refractivity contribution in [2.45, 2.75) is 13.0 Å². The molecule has 2 aromatic rings. The van der Waals surface area contributed by atoms with Gasteiger partial charge in [0.1, 0.15) is 0 Å². The van der Waals surface area contributed by atoms with Crippen molar-refractivity contribution in [2.75, 3.05) is 0 Å². The van der Waals surface area contributed by atoms with Crippen molar-refractivity contribution < 1.29 is 9.72 Å². The van der Waals surface area contributed by atoms with E-state index >= 15 is 0 Å². The highest BCUT2D eigenvalue weighted by Crippen LogP contribution is 2.19. The van der Waals surface area contributed by atoms with E-state index in [0.717, 1.165) is 10.0 Å². The Morgan fingerprint density at radius 1 is 1.22 bits per heavy atom. The van der Waals surface area contributed by atoms with E-state index in [0.29, 0.717) is 5.56 Å². The van der Waals surface area contributed by atoms with Crippen LogP contribution in [0.2, 0.25) is 0 Å². The first-order valence-corrected chi connectivity index (χ1v) is 7.74. The number of carbonyl (C=O) groups is 1. The average molecular weight is 375 g/mol. The Morgan fingerprint density at radius 2 is 1.87 bits per heavy atom. The van der Waals surface area contributed by atoms with Gasteiger partial charge in [0.25, 0.3) is 5.69 Å². The summed E-state index contributed by atoms with van der Waals surface area (Å²) < 4.78 is 0.969. The third-order valence-electron chi connectivity index (χ3n) is 3.28. The highest BCUT2D eigenvalue weighted by molar-refractivity contribution is 9.10. The molecule has 0 spiro atoms. The molecule has 5 nitrogen and oxygen atoms in total. The predicted octanol–water partition coefficient (Wildman–Crippen LogP) is 4.25. The summed E-state index contributed by atoms with van der Waals surface area (Å²) in [5, 5.41) is 13.7. The van der Waals surface area contributed by atoms with E-state index in [4.69, 9.17) is 0 Å². The molecule has 2 rings (SSSR count). The predicted molar refractivity (Wildman–Crippen MR) is 92.8 cm³/mol. The molecular weight excluding hydrogens is 360 g/mol. The van der Waals surface area contributed by atoms with Crippen LogP contribution in [0, 0.1) is 10.1 Å². The fourth-order valence-electron chi connectivity index (χ4n) is 2.06. The molecule has 0 unspecified atom stereocenters. The lowest BCUT2D eigenvalue weighted by atomic mass is 10.1. The van der Waals surface area contributed by atoms with Gasteiger partial charge in [-0.05, 0) is 36.8 Å². The fraction of sp³-hybridized carbons (Fsp3) is 0.118. The fourth-order valence-corrected chi connectivity index (χ4v) is 2.32. The molecule has 0 aromatic heterocycles. The SMILES string of the molecule is C[C@H](NC(=O)/C=C/c1ccccc1[N+](=O)[O-])c1ccc(Br)cc1. The quantitative estimate of drug-likeness (QED) is 0.483. The van der Waals surface area contributed by atoms with Crippen LogP contribution < -0.4 is 5.32 Å². The van der Waals surface area contributed by atoms with Crippen molar-refractivity contribution in [3.63, 3.8) is 0 Å². The summed E-state index contributed by atoms with van der Waals surface area (Å²) in [6.45, 7) is 1.87. The second-order valence-corrected chi connectivity index (χ2v) is 5.85. The Labute approximate surface area is 142 Å². The van der Waals surface area contributed by atoms with Gasteiger partial charge >= 0.3 is 0 Å². The van der Waals surface area contributed by atoms with Gasteiger partial charge in [-0.15, -0.1) is 0 Å². The van der Waals surface area contributed by atoms with Gasteiger partial charge in [-0.25, -0.2) is 0 Å². The van der Waals surface area contributed by atoms with Crippen LogP contribution in [0.3, 0.4) is 0 Å². The molecule has 0 fully saturated rings. The maximum atomic E-state index is 12.0. The van der Waals surface area contributed by atoms with Gasteiger partial charge in [-0.2, -0.15) is 0 Å². The number of amides is 1. The van der Waals surface area contributed by atoms with Crippen LogP contribution in [-0.2, 0) is 4.79 Å². The molecule has 0 bridgehead atoms. The lowest BCUT2D eigenvalue weighted by Gasteiger charge is -2.12. The zero-order chi connectivity index (χ0) is 16.8. The number of nitro benzene ring substituents is 1. The normalized spacial score (nSPS) is 12.1. The molecule has 23 heavy (non-hydrogen) atoms. The number of carbonyl (C=O) groups excluding carboxylic acids is 1. The number of nitrogens with one attached hydrogen (secondary N) is 1. The summed E-state index contributed by atoms with van der Waals surface area (Å²) >= 11 is 3.36. The monoisotopic (exact) mass is 374 g/mol. The topological polar surface area (TPSA) is 72.2 Å². The molecule has 118 valence electrons. The van der Waals surface area contributed by atoms with Crippen LogP contribution in [0.5, 0.6) is 0 Å². The van der Waals surface area contributed by atoms with Crippen LogP contribution >= 0.6 is 15.9 Å². The highest BCUT2D eigenvalue weighted by Gasteiger charge is 2.11. The zero-order valence-electron chi connectivity index (χ0n) is 12.4. The van der Waals surface area contributed by atoms with E-state index in [1.165, 1.54) is 18.2 Å². The number of hydrogen-bond acceptors (Lipinski definition) is 3. The Kier molecular flexibility index (Phi) is 5.65. The molecule has 0 radical (unpaired) electrons. The number of nitrogens with zero attached hydrogens (tertiary/aromatic N) is 1. The van der Waals surface area contributed by atoms with Crippen LogP contribution in [0.25, 0.3) is 6.08 Å². The summed E-state index contributed by atoms with van der Waals surface area (Å²) in [5.74, 6) is -0.307. The molecule has 0 aliphatic rings. The number of benzene rings is 2. The van der Waals surface area contributed by atoms with E-state index in [-0.39, 0.29) is 17.6 Å². The van der Waals surface area contributed by atoms with Crippen molar-refractivity contribution >= 4 is 33.6 Å². The molecule has 0 aliphatic heterocycles. The first kappa shape index (κ1) is 16.9. The van der Waals surface area contributed by atoms with Crippen molar-refractivity contribution in [3.8, 4) is 0 Å². The number of nitro groups is 1. The Hall–Kier alpha value is -2.47. The largest absolute Gasteiger partial charge is 0.346 e. The molecule has 1 N–H and O–H groups in total. The number of para-hydroxylation sites is 1. The molecule has 0 heterocycles. The third-order valence-corrected chi connectivity index (χ3v) is 3.81. The number of rotatable bonds is 5. The molecule has 6 heteroatoms. The Morgan fingerprint density at radius 3 is 2.52 bits per heavy atom. The minimum Gasteiger partial charge on any atom is -0.346 e. The average Bonchev–Trinajstić information content (AvgIpc) is 2.53. The van der Waals surface area contributed by atoms with E-state index in [9.17, 15) is 14.9 Å². The van der Waals surface area contributed by atoms with Gasteiger partial charge in [0.05, 0.1) is 16.5 Å². The maximum Gasteiger partial charge on any atom is 0.276 e. The van der Waals surface area contributed by atoms with E-state index in [1.807, 2.05) is 31.2 Å². The first-order chi connectivity index (χ1) is 11.0. The summed E-state index contributed by atoms with van der Waals surface area (Å²) in [6, 6.07) is 13.8. The summed E-state index contributed by atoms with van der Waals surface area (Å²) in [6.07, 6.45) is 2.75. The zero-order valence-corrected chi connectivity index (χ0v) is 14.0.